The molecule has 1 aliphatic heterocycles. The Kier molecular flexibility index (Phi) is 39.9. The first-order valence-corrected chi connectivity index (χ1v) is 26.6. The lowest BCUT2D eigenvalue weighted by Gasteiger charge is -2.32. The van der Waals surface area contributed by atoms with Gasteiger partial charge in [-0.2, -0.15) is 0 Å². The van der Waals surface area contributed by atoms with Gasteiger partial charge in [-0.1, -0.05) is 168 Å². The van der Waals surface area contributed by atoms with Gasteiger partial charge in [-0.3, -0.25) is 9.59 Å². The van der Waals surface area contributed by atoms with Crippen molar-refractivity contribution in [2.24, 2.45) is 0 Å². The minimum Gasteiger partial charge on any atom is -0.466 e. The number of nitrogens with zero attached hydrogens (tertiary/aromatic N) is 2. The molecule has 7 nitrogen and oxygen atoms in total. The Morgan fingerprint density at radius 1 is 0.533 bits per heavy atom. The molecule has 1 N–H and O–H groups in total. The van der Waals surface area contributed by atoms with E-state index in [4.69, 9.17) is 9.47 Å². The third-order valence-electron chi connectivity index (χ3n) is 12.6. The van der Waals surface area contributed by atoms with Crippen LogP contribution in [0.25, 0.3) is 0 Å². The fourth-order valence-electron chi connectivity index (χ4n) is 8.79. The van der Waals surface area contributed by atoms with Gasteiger partial charge in [0, 0.05) is 39.0 Å². The van der Waals surface area contributed by atoms with Crippen molar-refractivity contribution in [2.45, 2.75) is 272 Å². The standard InChI is InChI=1S/C53H103N3O4/c1-6-9-12-15-18-27-37-48-59-51(57)40-31-23-19-25-35-45-56(53(49(4)5)54-42-47-55-43-33-28-34-44-55)46-36-26-20-24-32-41-52(58)60-50(38-29-21-16-13-10-7-2)39-30-22-17-14-11-8-3/h50,54H,6-48H2,1-5H3. The molecule has 0 aromatic carbocycles. The molecular weight excluding hydrogens is 743 g/mol. The third-order valence-corrected chi connectivity index (χ3v) is 12.6. The normalized spacial score (nSPS) is 13.2. The maximum Gasteiger partial charge on any atom is 0.306 e. The van der Waals surface area contributed by atoms with Gasteiger partial charge >= 0.3 is 11.9 Å². The van der Waals surface area contributed by atoms with Crippen LogP contribution in [0, 0.1) is 0 Å². The lowest BCUT2D eigenvalue weighted by Crippen LogP contribution is -2.40. The van der Waals surface area contributed by atoms with Gasteiger partial charge in [-0.05, 0) is 103 Å². The Hall–Kier alpha value is -1.76. The Morgan fingerprint density at radius 3 is 1.47 bits per heavy atom. The summed E-state index contributed by atoms with van der Waals surface area (Å²) in [5.41, 5.74) is 1.37. The molecule has 0 bridgehead atoms. The van der Waals surface area contributed by atoms with Crippen LogP contribution < -0.4 is 5.32 Å². The second-order valence-corrected chi connectivity index (χ2v) is 18.8. The van der Waals surface area contributed by atoms with E-state index in [9.17, 15) is 9.59 Å². The molecule has 0 aromatic heterocycles. The minimum absolute atomic E-state index is 0.0119. The molecule has 0 radical (unpaired) electrons. The van der Waals surface area contributed by atoms with Crippen LogP contribution in [-0.2, 0) is 19.1 Å². The van der Waals surface area contributed by atoms with Gasteiger partial charge in [0.05, 0.1) is 12.4 Å². The van der Waals surface area contributed by atoms with E-state index in [0.717, 1.165) is 71.1 Å². The highest BCUT2D eigenvalue weighted by molar-refractivity contribution is 5.69. The second kappa shape index (κ2) is 42.5. The van der Waals surface area contributed by atoms with Crippen LogP contribution in [0.4, 0.5) is 0 Å². The molecule has 0 atom stereocenters. The summed E-state index contributed by atoms with van der Waals surface area (Å²) in [5.74, 6) is 1.35. The van der Waals surface area contributed by atoms with E-state index in [2.05, 4.69) is 49.7 Å². The number of ether oxygens (including phenoxy) is 2. The molecule has 1 aliphatic rings. The van der Waals surface area contributed by atoms with E-state index >= 15 is 0 Å². The Morgan fingerprint density at radius 2 is 0.967 bits per heavy atom. The molecule has 354 valence electrons. The molecule has 0 aliphatic carbocycles. The Bertz CT molecular complexity index is 977. The summed E-state index contributed by atoms with van der Waals surface area (Å²) in [7, 11) is 0. The van der Waals surface area contributed by atoms with Gasteiger partial charge in [0.2, 0.25) is 0 Å². The number of hydrogen-bond donors (Lipinski definition) is 1. The fourth-order valence-corrected chi connectivity index (χ4v) is 8.79. The van der Waals surface area contributed by atoms with Gasteiger partial charge < -0.3 is 24.6 Å². The van der Waals surface area contributed by atoms with Crippen molar-refractivity contribution >= 4 is 11.9 Å². The number of likely N-dealkylation sites (tertiary alicyclic amines) is 1. The van der Waals surface area contributed by atoms with E-state index in [0.29, 0.717) is 19.4 Å². The number of carbonyl (C=O) groups excluding carboxylic acids is 2. The van der Waals surface area contributed by atoms with E-state index in [1.54, 1.807) is 0 Å². The van der Waals surface area contributed by atoms with Crippen molar-refractivity contribution in [1.82, 2.24) is 15.1 Å². The monoisotopic (exact) mass is 846 g/mol. The molecule has 0 saturated carbocycles. The summed E-state index contributed by atoms with van der Waals surface area (Å²) < 4.78 is 11.6. The average Bonchev–Trinajstić information content (AvgIpc) is 3.24. The van der Waals surface area contributed by atoms with Crippen LogP contribution in [-0.4, -0.2) is 73.7 Å². The molecule has 60 heavy (non-hydrogen) atoms. The van der Waals surface area contributed by atoms with Gasteiger partial charge in [0.1, 0.15) is 6.10 Å². The number of esters is 2. The van der Waals surface area contributed by atoms with E-state index < -0.39 is 0 Å². The molecule has 1 rings (SSSR count). The highest BCUT2D eigenvalue weighted by Crippen LogP contribution is 2.19. The Balaban J connectivity index is 2.45. The largest absolute Gasteiger partial charge is 0.466 e. The van der Waals surface area contributed by atoms with Crippen LogP contribution in [0.3, 0.4) is 0 Å². The molecular formula is C53H103N3O4. The lowest BCUT2D eigenvalue weighted by atomic mass is 10.0. The molecule has 1 saturated heterocycles. The zero-order chi connectivity index (χ0) is 43.6. The lowest BCUT2D eigenvalue weighted by molar-refractivity contribution is -0.150. The Labute approximate surface area is 374 Å². The highest BCUT2D eigenvalue weighted by atomic mass is 16.5. The highest BCUT2D eigenvalue weighted by Gasteiger charge is 2.16. The number of hydrogen-bond acceptors (Lipinski definition) is 7. The number of rotatable bonds is 44. The van der Waals surface area contributed by atoms with Crippen molar-refractivity contribution in [3.8, 4) is 0 Å². The van der Waals surface area contributed by atoms with Crippen LogP contribution in [0.1, 0.15) is 266 Å². The second-order valence-electron chi connectivity index (χ2n) is 18.8. The predicted molar refractivity (Wildman–Crippen MR) is 258 cm³/mol. The summed E-state index contributed by atoms with van der Waals surface area (Å²) in [4.78, 5) is 30.4. The molecule has 0 amide bonds. The van der Waals surface area contributed by atoms with Crippen molar-refractivity contribution < 1.29 is 19.1 Å². The summed E-state index contributed by atoms with van der Waals surface area (Å²) >= 11 is 0. The van der Waals surface area contributed by atoms with Crippen LogP contribution >= 0.6 is 0 Å². The number of allylic oxidation sites excluding steroid dienone is 1. The quantitative estimate of drug-likeness (QED) is 0.0484. The predicted octanol–water partition coefficient (Wildman–Crippen LogP) is 15.0. The number of carbonyl (C=O) groups is 2. The summed E-state index contributed by atoms with van der Waals surface area (Å²) in [6.45, 7) is 18.6. The number of nitrogens with one attached hydrogen (secondary N) is 1. The van der Waals surface area contributed by atoms with Gasteiger partial charge in [0.15, 0.2) is 0 Å². The van der Waals surface area contributed by atoms with Gasteiger partial charge in [0.25, 0.3) is 0 Å². The number of unbranched alkanes of at least 4 members (excludes halogenated alkanes) is 24. The van der Waals surface area contributed by atoms with Gasteiger partial charge in [-0.25, -0.2) is 0 Å². The molecule has 7 heteroatoms. The van der Waals surface area contributed by atoms with Crippen molar-refractivity contribution in [1.29, 1.82) is 0 Å². The van der Waals surface area contributed by atoms with Crippen molar-refractivity contribution in [2.75, 3.05) is 45.9 Å². The first kappa shape index (κ1) is 56.3. The smallest absolute Gasteiger partial charge is 0.306 e. The van der Waals surface area contributed by atoms with E-state index in [-0.39, 0.29) is 18.0 Å². The van der Waals surface area contributed by atoms with Crippen LogP contribution in [0.2, 0.25) is 0 Å². The zero-order valence-electron chi connectivity index (χ0n) is 41.0. The third kappa shape index (κ3) is 34.8. The summed E-state index contributed by atoms with van der Waals surface area (Å²) in [6, 6.07) is 0. The number of piperidine rings is 1. The van der Waals surface area contributed by atoms with Gasteiger partial charge in [-0.15, -0.1) is 0 Å². The van der Waals surface area contributed by atoms with E-state index in [1.807, 2.05) is 0 Å². The fraction of sp³-hybridized carbons (Fsp3) is 0.925. The van der Waals surface area contributed by atoms with Crippen LogP contribution in [0.5, 0.6) is 0 Å². The molecule has 1 heterocycles. The molecule has 0 unspecified atom stereocenters. The summed E-state index contributed by atoms with van der Waals surface area (Å²) in [6.07, 6.45) is 42.7. The summed E-state index contributed by atoms with van der Waals surface area (Å²) in [5, 5.41) is 3.87. The minimum atomic E-state index is -0.0119. The van der Waals surface area contributed by atoms with E-state index in [1.165, 1.54) is 198 Å². The van der Waals surface area contributed by atoms with Crippen molar-refractivity contribution in [3.05, 3.63) is 11.4 Å². The maximum absolute atomic E-state index is 12.9. The SMILES string of the molecule is CCCCCCCCCOC(=O)CCCCCCCN(CCCCCCCC(=O)OC(CCCCCCCC)CCCCCCCC)C(NCCN1CCCCC1)=C(C)C. The van der Waals surface area contributed by atoms with Crippen molar-refractivity contribution in [3.63, 3.8) is 0 Å². The zero-order valence-corrected chi connectivity index (χ0v) is 41.0. The first-order chi connectivity index (χ1) is 29.4. The molecule has 0 aromatic rings. The first-order valence-electron chi connectivity index (χ1n) is 26.6. The van der Waals surface area contributed by atoms with Crippen LogP contribution in [0.15, 0.2) is 11.4 Å². The average molecular weight is 846 g/mol. The molecule has 1 fully saturated rings. The molecule has 0 spiro atoms. The topological polar surface area (TPSA) is 71.1 Å². The maximum atomic E-state index is 12.9.